The van der Waals surface area contributed by atoms with E-state index in [-0.39, 0.29) is 0 Å². The molecule has 0 rings (SSSR count). The summed E-state index contributed by atoms with van der Waals surface area (Å²) < 4.78 is 20.4. The molecule has 3 atom stereocenters. The Morgan fingerprint density at radius 2 is 1.85 bits per heavy atom. The molecule has 0 saturated carbocycles. The monoisotopic (exact) mass is 314 g/mol. The molecule has 0 saturated heterocycles. The van der Waals surface area contributed by atoms with Crippen LogP contribution in [0.1, 0.15) is 13.8 Å². The van der Waals surface area contributed by atoms with E-state index in [1.165, 1.54) is 13.8 Å². The van der Waals surface area contributed by atoms with E-state index in [2.05, 4.69) is 9.05 Å². The van der Waals surface area contributed by atoms with Gasteiger partial charge in [-0.3, -0.25) is 18.6 Å². The van der Waals surface area contributed by atoms with Crippen molar-refractivity contribution < 1.29 is 38.3 Å². The second-order valence-electron chi connectivity index (χ2n) is 4.78. The topological polar surface area (TPSA) is 182 Å². The lowest BCUT2D eigenvalue weighted by Gasteiger charge is -2.28. The SMILES string of the molecule is CC(C)(COP(=O)(O)OC[C@H](N)C(=O)O)[C@@H](O)C(N)=O. The molecule has 0 bridgehead atoms. The quantitative estimate of drug-likeness (QED) is 0.313. The number of rotatable bonds is 9. The Morgan fingerprint density at radius 1 is 1.35 bits per heavy atom. The number of hydrogen-bond acceptors (Lipinski definition) is 7. The Morgan fingerprint density at radius 3 is 2.25 bits per heavy atom. The summed E-state index contributed by atoms with van der Waals surface area (Å²) in [6, 6.07) is -1.48. The number of aliphatic carboxylic acids is 1. The maximum absolute atomic E-state index is 11.4. The summed E-state index contributed by atoms with van der Waals surface area (Å²) in [6.45, 7) is 1.51. The zero-order chi connectivity index (χ0) is 16.1. The first-order valence-corrected chi connectivity index (χ1v) is 6.96. The molecule has 1 unspecified atom stereocenters. The van der Waals surface area contributed by atoms with Crippen molar-refractivity contribution in [3.8, 4) is 0 Å². The number of amides is 1. The van der Waals surface area contributed by atoms with Gasteiger partial charge in [0.05, 0.1) is 13.2 Å². The zero-order valence-corrected chi connectivity index (χ0v) is 11.9. The predicted molar refractivity (Wildman–Crippen MR) is 66.3 cm³/mol. The number of aliphatic hydroxyl groups is 1. The molecule has 10 nitrogen and oxygen atoms in total. The molecular formula is C9H19N2O8P. The highest BCUT2D eigenvalue weighted by molar-refractivity contribution is 7.47. The van der Waals surface area contributed by atoms with E-state index in [1.807, 2.05) is 0 Å². The number of carboxylic acid groups (broad SMARTS) is 1. The van der Waals surface area contributed by atoms with Crippen molar-refractivity contribution >= 4 is 19.7 Å². The average molecular weight is 314 g/mol. The number of phosphoric acid groups is 1. The van der Waals surface area contributed by atoms with Crippen molar-refractivity contribution in [2.24, 2.45) is 16.9 Å². The summed E-state index contributed by atoms with van der Waals surface area (Å²) in [4.78, 5) is 30.5. The zero-order valence-electron chi connectivity index (χ0n) is 11.1. The second-order valence-corrected chi connectivity index (χ2v) is 6.23. The van der Waals surface area contributed by atoms with E-state index in [4.69, 9.17) is 16.6 Å². The number of nitrogens with two attached hydrogens (primary N) is 2. The van der Waals surface area contributed by atoms with Gasteiger partial charge in [0.15, 0.2) is 0 Å². The first-order valence-electron chi connectivity index (χ1n) is 5.46. The van der Waals surface area contributed by atoms with Crippen molar-refractivity contribution in [1.82, 2.24) is 0 Å². The van der Waals surface area contributed by atoms with Gasteiger partial charge in [0.1, 0.15) is 12.1 Å². The summed E-state index contributed by atoms with van der Waals surface area (Å²) in [7, 11) is -4.56. The maximum atomic E-state index is 11.4. The summed E-state index contributed by atoms with van der Waals surface area (Å²) in [5, 5.41) is 17.9. The van der Waals surface area contributed by atoms with Crippen LogP contribution in [0, 0.1) is 5.41 Å². The number of carbonyl (C=O) groups is 2. The van der Waals surface area contributed by atoms with Crippen LogP contribution in [0.4, 0.5) is 0 Å². The predicted octanol–water partition coefficient (Wildman–Crippen LogP) is -1.60. The third-order valence-electron chi connectivity index (χ3n) is 2.34. The van der Waals surface area contributed by atoms with E-state index in [1.54, 1.807) is 0 Å². The molecule has 0 aromatic heterocycles. The smallest absolute Gasteiger partial charge is 0.472 e. The lowest BCUT2D eigenvalue weighted by molar-refractivity contribution is -0.139. The number of hydrogen-bond donors (Lipinski definition) is 5. The molecule has 0 aromatic carbocycles. The lowest BCUT2D eigenvalue weighted by Crippen LogP contribution is -2.43. The first-order chi connectivity index (χ1) is 8.89. The van der Waals surface area contributed by atoms with Crippen LogP contribution in [0.15, 0.2) is 0 Å². The molecule has 0 aliphatic rings. The van der Waals surface area contributed by atoms with Gasteiger partial charge in [-0.25, -0.2) is 4.57 Å². The van der Waals surface area contributed by atoms with Gasteiger partial charge < -0.3 is 26.6 Å². The van der Waals surface area contributed by atoms with Gasteiger partial charge >= 0.3 is 13.8 Å². The molecule has 11 heteroatoms. The van der Waals surface area contributed by atoms with Crippen LogP contribution in [0.3, 0.4) is 0 Å². The molecule has 118 valence electrons. The Kier molecular flexibility index (Phi) is 6.75. The van der Waals surface area contributed by atoms with Crippen molar-refractivity contribution in [1.29, 1.82) is 0 Å². The maximum Gasteiger partial charge on any atom is 0.472 e. The number of aliphatic hydroxyl groups excluding tert-OH is 1. The summed E-state index contributed by atoms with van der Waals surface area (Å²) in [5.41, 5.74) is 8.75. The highest BCUT2D eigenvalue weighted by Gasteiger charge is 2.36. The Balaban J connectivity index is 4.45. The average Bonchev–Trinajstić information content (AvgIpc) is 2.32. The van der Waals surface area contributed by atoms with Gasteiger partial charge in [0.2, 0.25) is 5.91 Å². The minimum absolute atomic E-state index is 0.521. The summed E-state index contributed by atoms with van der Waals surface area (Å²) in [5.74, 6) is -2.42. The van der Waals surface area contributed by atoms with Crippen LogP contribution < -0.4 is 11.5 Å². The van der Waals surface area contributed by atoms with E-state index in [9.17, 15) is 24.2 Å². The standard InChI is InChI=1S/C9H19N2O8P/c1-9(2,6(12)7(11)13)4-19-20(16,17)18-3-5(10)8(14)15/h5-6,12H,3-4,10H2,1-2H3,(H2,11,13)(H,14,15)(H,16,17)/t5-,6-/m0/s1. The minimum Gasteiger partial charge on any atom is -0.480 e. The van der Waals surface area contributed by atoms with Gasteiger partial charge in [0.25, 0.3) is 0 Å². The number of primary amides is 1. The van der Waals surface area contributed by atoms with Crippen molar-refractivity contribution in [2.45, 2.75) is 26.0 Å². The fourth-order valence-electron chi connectivity index (χ4n) is 0.995. The van der Waals surface area contributed by atoms with E-state index in [0.29, 0.717) is 0 Å². The molecule has 0 aromatic rings. The molecule has 20 heavy (non-hydrogen) atoms. The second kappa shape index (κ2) is 7.11. The highest BCUT2D eigenvalue weighted by atomic mass is 31.2. The van der Waals surface area contributed by atoms with E-state index in [0.717, 1.165) is 0 Å². The molecule has 0 aliphatic carbocycles. The van der Waals surface area contributed by atoms with E-state index >= 15 is 0 Å². The third-order valence-corrected chi connectivity index (χ3v) is 3.27. The molecular weight excluding hydrogens is 295 g/mol. The number of phosphoric ester groups is 1. The van der Waals surface area contributed by atoms with Crippen LogP contribution in [0.2, 0.25) is 0 Å². The minimum atomic E-state index is -4.56. The first kappa shape index (κ1) is 19.0. The summed E-state index contributed by atoms with van der Waals surface area (Å²) >= 11 is 0. The van der Waals surface area contributed by atoms with Crippen LogP contribution in [-0.4, -0.2) is 52.3 Å². The van der Waals surface area contributed by atoms with Gasteiger partial charge in [-0.1, -0.05) is 13.8 Å². The van der Waals surface area contributed by atoms with Crippen molar-refractivity contribution in [3.63, 3.8) is 0 Å². The van der Waals surface area contributed by atoms with Crippen LogP contribution in [-0.2, 0) is 23.2 Å². The molecule has 7 N–H and O–H groups in total. The third kappa shape index (κ3) is 6.42. The molecule has 0 spiro atoms. The highest BCUT2D eigenvalue weighted by Crippen LogP contribution is 2.45. The Bertz CT molecular complexity index is 413. The van der Waals surface area contributed by atoms with Gasteiger partial charge in [0, 0.05) is 5.41 Å². The summed E-state index contributed by atoms with van der Waals surface area (Å²) in [6.07, 6.45) is -1.59. The van der Waals surface area contributed by atoms with Crippen molar-refractivity contribution in [2.75, 3.05) is 13.2 Å². The normalized spacial score (nSPS) is 18.1. The number of carboxylic acids is 1. The lowest BCUT2D eigenvalue weighted by atomic mass is 9.87. The van der Waals surface area contributed by atoms with Gasteiger partial charge in [-0.05, 0) is 0 Å². The van der Waals surface area contributed by atoms with E-state index < -0.39 is 50.5 Å². The van der Waals surface area contributed by atoms with Crippen LogP contribution >= 0.6 is 7.82 Å². The van der Waals surface area contributed by atoms with Crippen molar-refractivity contribution in [3.05, 3.63) is 0 Å². The molecule has 0 heterocycles. The van der Waals surface area contributed by atoms with Gasteiger partial charge in [-0.2, -0.15) is 0 Å². The largest absolute Gasteiger partial charge is 0.480 e. The molecule has 0 fully saturated rings. The molecule has 1 amide bonds. The fraction of sp³-hybridized carbons (Fsp3) is 0.778. The Hall–Kier alpha value is -1.03. The van der Waals surface area contributed by atoms with Crippen LogP contribution in [0.5, 0.6) is 0 Å². The fourth-order valence-corrected chi connectivity index (χ4v) is 1.91. The molecule has 0 aliphatic heterocycles. The number of carbonyl (C=O) groups excluding carboxylic acids is 1. The van der Waals surface area contributed by atoms with Crippen LogP contribution in [0.25, 0.3) is 0 Å². The van der Waals surface area contributed by atoms with Gasteiger partial charge in [-0.15, -0.1) is 0 Å². The molecule has 0 radical (unpaired) electrons. The Labute approximate surface area is 115 Å².